The molecule has 2 unspecified atom stereocenters. The minimum Gasteiger partial charge on any atom is -0.475 e. The van der Waals surface area contributed by atoms with Crippen molar-refractivity contribution in [3.8, 4) is 11.5 Å². The molecule has 1 aromatic carbocycles. The molecule has 6 N–H and O–H groups in total. The number of nitrogens with two attached hydrogens (primary N) is 1. The number of aliphatic carboxylic acids is 2. The number of carboxylic acid groups (broad SMARTS) is 2. The fourth-order valence-electron chi connectivity index (χ4n) is 2.87. The van der Waals surface area contributed by atoms with Gasteiger partial charge in [0, 0.05) is 28.5 Å². The molecule has 0 aliphatic carbocycles. The van der Waals surface area contributed by atoms with Crippen LogP contribution in [0.2, 0.25) is 0 Å². The van der Waals surface area contributed by atoms with Gasteiger partial charge in [0.1, 0.15) is 5.50 Å². The summed E-state index contributed by atoms with van der Waals surface area (Å²) in [6.07, 6.45) is 0.883. The zero-order chi connectivity index (χ0) is 18.5. The lowest BCUT2D eigenvalue weighted by atomic mass is 10.2. The van der Waals surface area contributed by atoms with Crippen molar-refractivity contribution >= 4 is 35.5 Å². The summed E-state index contributed by atoms with van der Waals surface area (Å²) >= 11 is 3.07. The Kier molecular flexibility index (Phi) is 4.18. The third-order valence-electron chi connectivity index (χ3n) is 4.05. The molecule has 0 fully saturated rings. The number of thioether (sulfide) groups is 2. The van der Waals surface area contributed by atoms with Crippen molar-refractivity contribution in [1.82, 2.24) is 10.6 Å². The van der Waals surface area contributed by atoms with Crippen LogP contribution in [-0.2, 0) is 9.59 Å². The van der Waals surface area contributed by atoms with Crippen molar-refractivity contribution in [2.45, 2.75) is 28.0 Å². The first-order valence-corrected chi connectivity index (χ1v) is 9.46. The maximum absolute atomic E-state index is 11.3. The second-order valence-electron chi connectivity index (χ2n) is 5.77. The van der Waals surface area contributed by atoms with Crippen molar-refractivity contribution in [3.05, 3.63) is 28.8 Å². The molecular formula is C15H15N3O6S2. The molecule has 11 heteroatoms. The van der Waals surface area contributed by atoms with Crippen LogP contribution in [0.5, 0.6) is 11.5 Å². The van der Waals surface area contributed by atoms with Gasteiger partial charge in [-0.25, -0.2) is 9.59 Å². The summed E-state index contributed by atoms with van der Waals surface area (Å²) in [6, 6.07) is 4.82. The molecule has 2 atom stereocenters. The van der Waals surface area contributed by atoms with Crippen LogP contribution in [0.3, 0.4) is 0 Å². The number of hydrogen-bond donors (Lipinski definition) is 5. The van der Waals surface area contributed by atoms with E-state index < -0.39 is 17.7 Å². The van der Waals surface area contributed by atoms with Gasteiger partial charge in [0.15, 0.2) is 11.5 Å². The second-order valence-corrected chi connectivity index (χ2v) is 8.13. The smallest absolute Gasteiger partial charge is 0.453 e. The normalized spacial score (nSPS) is 25.6. The van der Waals surface area contributed by atoms with E-state index in [2.05, 4.69) is 10.6 Å². The summed E-state index contributed by atoms with van der Waals surface area (Å²) in [5, 5.41) is 25.0. The molecule has 138 valence electrons. The van der Waals surface area contributed by atoms with Gasteiger partial charge in [-0.2, -0.15) is 0 Å². The summed E-state index contributed by atoms with van der Waals surface area (Å²) in [4.78, 5) is 24.6. The Hall–Kier alpha value is -2.08. The molecule has 3 aliphatic heterocycles. The Morgan fingerprint density at radius 2 is 2.00 bits per heavy atom. The summed E-state index contributed by atoms with van der Waals surface area (Å²) in [5.74, 6) is -6.03. The van der Waals surface area contributed by atoms with Crippen molar-refractivity contribution in [3.63, 3.8) is 0 Å². The summed E-state index contributed by atoms with van der Waals surface area (Å²) in [7, 11) is 0. The van der Waals surface area contributed by atoms with Gasteiger partial charge < -0.3 is 36.1 Å². The van der Waals surface area contributed by atoms with Gasteiger partial charge in [0.2, 0.25) is 0 Å². The van der Waals surface area contributed by atoms with Crippen LogP contribution in [0.25, 0.3) is 0 Å². The summed E-state index contributed by atoms with van der Waals surface area (Å²) < 4.78 is 10.2. The molecule has 0 saturated carbocycles. The highest BCUT2D eigenvalue weighted by atomic mass is 32.2. The van der Waals surface area contributed by atoms with Crippen LogP contribution >= 0.6 is 23.5 Å². The lowest BCUT2D eigenvalue weighted by molar-refractivity contribution is -0.194. The van der Waals surface area contributed by atoms with E-state index in [9.17, 15) is 19.8 Å². The Morgan fingerprint density at radius 1 is 1.27 bits per heavy atom. The molecule has 0 saturated heterocycles. The van der Waals surface area contributed by atoms with E-state index >= 15 is 0 Å². The van der Waals surface area contributed by atoms with Gasteiger partial charge in [-0.1, -0.05) is 11.8 Å². The molecule has 9 nitrogen and oxygen atoms in total. The highest BCUT2D eigenvalue weighted by molar-refractivity contribution is 8.06. The van der Waals surface area contributed by atoms with Crippen LogP contribution in [0, 0.1) is 0 Å². The Labute approximate surface area is 156 Å². The fraction of sp³-hybridized carbons (Fsp3) is 0.333. The predicted molar refractivity (Wildman–Crippen MR) is 93.7 cm³/mol. The summed E-state index contributed by atoms with van der Waals surface area (Å²) in [6.45, 7) is 0.808. The van der Waals surface area contributed by atoms with Crippen molar-refractivity contribution in [2.24, 2.45) is 5.73 Å². The highest BCUT2D eigenvalue weighted by Crippen LogP contribution is 2.45. The third kappa shape index (κ3) is 2.76. The van der Waals surface area contributed by atoms with E-state index in [4.69, 9.17) is 15.2 Å². The van der Waals surface area contributed by atoms with E-state index in [0.717, 1.165) is 28.5 Å². The Morgan fingerprint density at radius 3 is 2.73 bits per heavy atom. The molecule has 3 heterocycles. The standard InChI is InChI=1S/C15H15N3O6S2/c16-14-18-7-3-4-17-11(10(7)26-14)25-6-1-2-8-9(5-6)24-15(23-8,12(19)20)13(21)22/h1-2,5,11,14,17-18H,3-4,16H2,(H,19,20)(H,21,22). The quantitative estimate of drug-likeness (QED) is 0.454. The van der Waals surface area contributed by atoms with E-state index in [1.165, 1.54) is 17.8 Å². The van der Waals surface area contributed by atoms with Crippen molar-refractivity contribution in [1.29, 1.82) is 0 Å². The molecule has 0 amide bonds. The molecule has 26 heavy (non-hydrogen) atoms. The second kappa shape index (κ2) is 6.27. The van der Waals surface area contributed by atoms with E-state index in [0.29, 0.717) is 0 Å². The molecule has 1 aromatic rings. The molecule has 3 aliphatic rings. The minimum absolute atomic E-state index is 0.00567. The highest BCUT2D eigenvalue weighted by Gasteiger charge is 2.57. The first-order chi connectivity index (χ1) is 12.4. The van der Waals surface area contributed by atoms with Gasteiger partial charge in [-0.3, -0.25) is 0 Å². The molecule has 0 radical (unpaired) electrons. The summed E-state index contributed by atoms with van der Waals surface area (Å²) in [5.41, 5.74) is 6.91. The lowest BCUT2D eigenvalue weighted by Crippen LogP contribution is -2.54. The maximum atomic E-state index is 11.3. The molecule has 0 spiro atoms. The molecular weight excluding hydrogens is 382 g/mol. The van der Waals surface area contributed by atoms with Crippen LogP contribution in [0.4, 0.5) is 0 Å². The topological polar surface area (TPSA) is 143 Å². The number of benzene rings is 1. The van der Waals surface area contributed by atoms with E-state index in [1.807, 2.05) is 0 Å². The number of fused-ring (bicyclic) bond motifs is 1. The molecule has 4 rings (SSSR count). The largest absolute Gasteiger partial charge is 0.475 e. The van der Waals surface area contributed by atoms with Gasteiger partial charge in [0.05, 0.1) is 5.37 Å². The number of nitrogens with one attached hydrogen (secondary N) is 2. The zero-order valence-corrected chi connectivity index (χ0v) is 14.9. The number of carbonyl (C=O) groups is 2. The Balaban J connectivity index is 1.56. The molecule has 0 bridgehead atoms. The molecule has 0 aromatic heterocycles. The number of carboxylic acids is 2. The SMILES string of the molecule is NC1NC2=C(S1)C(Sc1ccc3c(c1)OC(C(=O)O)(C(=O)O)O3)NCC2. The van der Waals surface area contributed by atoms with Crippen LogP contribution in [-0.4, -0.2) is 45.4 Å². The predicted octanol–water partition coefficient (Wildman–Crippen LogP) is 0.525. The van der Waals surface area contributed by atoms with Crippen molar-refractivity contribution in [2.75, 3.05) is 6.54 Å². The van der Waals surface area contributed by atoms with Gasteiger partial charge >= 0.3 is 17.7 Å². The van der Waals surface area contributed by atoms with Gasteiger partial charge in [-0.15, -0.1) is 11.8 Å². The van der Waals surface area contributed by atoms with Gasteiger partial charge in [0.25, 0.3) is 0 Å². The lowest BCUT2D eigenvalue weighted by Gasteiger charge is -2.24. The average molecular weight is 397 g/mol. The number of ether oxygens (including phenoxy) is 2. The van der Waals surface area contributed by atoms with E-state index in [-0.39, 0.29) is 22.4 Å². The van der Waals surface area contributed by atoms with E-state index in [1.54, 1.807) is 23.9 Å². The Bertz CT molecular complexity index is 816. The van der Waals surface area contributed by atoms with Crippen molar-refractivity contribution < 1.29 is 29.3 Å². The zero-order valence-electron chi connectivity index (χ0n) is 13.2. The van der Waals surface area contributed by atoms with Crippen LogP contribution < -0.4 is 25.8 Å². The average Bonchev–Trinajstić information content (AvgIpc) is 3.15. The van der Waals surface area contributed by atoms with Crippen LogP contribution in [0.1, 0.15) is 6.42 Å². The monoisotopic (exact) mass is 397 g/mol. The minimum atomic E-state index is -2.75. The number of hydrogen-bond acceptors (Lipinski definition) is 9. The van der Waals surface area contributed by atoms with Gasteiger partial charge in [-0.05, 0) is 18.2 Å². The first-order valence-electron chi connectivity index (χ1n) is 7.70. The first kappa shape index (κ1) is 17.3. The maximum Gasteiger partial charge on any atom is 0.453 e. The number of rotatable bonds is 4. The fourth-order valence-corrected chi connectivity index (χ4v) is 5.21. The van der Waals surface area contributed by atoms with Crippen LogP contribution in [0.15, 0.2) is 33.7 Å². The third-order valence-corrected chi connectivity index (χ3v) is 6.47.